The molecule has 2 heterocycles. The number of anilines is 1. The zero-order valence-corrected chi connectivity index (χ0v) is 17.0. The minimum Gasteiger partial charge on any atom is -0.340 e. The monoisotopic (exact) mass is 398 g/mol. The summed E-state index contributed by atoms with van der Waals surface area (Å²) in [5.41, 5.74) is 3.31. The van der Waals surface area contributed by atoms with Crippen molar-refractivity contribution in [3.8, 4) is 0 Å². The third-order valence-electron chi connectivity index (χ3n) is 6.26. The van der Waals surface area contributed by atoms with E-state index in [9.17, 15) is 14.0 Å². The van der Waals surface area contributed by atoms with Crippen molar-refractivity contribution >= 4 is 17.6 Å². The number of amides is 2. The van der Waals surface area contributed by atoms with E-state index in [1.807, 2.05) is 26.0 Å². The molecular formula is C22H27FN4O2. The summed E-state index contributed by atoms with van der Waals surface area (Å²) in [5.74, 6) is 0.0732. The van der Waals surface area contributed by atoms with E-state index >= 15 is 0 Å². The second-order valence-corrected chi connectivity index (χ2v) is 8.32. The van der Waals surface area contributed by atoms with Gasteiger partial charge in [0.1, 0.15) is 18.0 Å². The van der Waals surface area contributed by atoms with Crippen LogP contribution in [0.2, 0.25) is 0 Å². The maximum absolute atomic E-state index is 13.8. The molecule has 6 nitrogen and oxygen atoms in total. The maximum Gasteiger partial charge on any atom is 0.251 e. The van der Waals surface area contributed by atoms with Gasteiger partial charge in [-0.2, -0.15) is 5.10 Å². The molecule has 2 aliphatic rings. The fourth-order valence-electron chi connectivity index (χ4n) is 4.86. The normalized spacial score (nSPS) is 26.6. The molecule has 0 radical (unpaired) electrons. The minimum atomic E-state index is -0.779. The number of fused-ring (bicyclic) bond motifs is 1. The maximum atomic E-state index is 13.8. The molecule has 1 fully saturated rings. The van der Waals surface area contributed by atoms with Crippen molar-refractivity contribution in [3.05, 3.63) is 46.6 Å². The zero-order chi connectivity index (χ0) is 20.7. The van der Waals surface area contributed by atoms with E-state index in [1.54, 1.807) is 23.9 Å². The van der Waals surface area contributed by atoms with Gasteiger partial charge in [-0.15, -0.1) is 0 Å². The van der Waals surface area contributed by atoms with Crippen LogP contribution in [0.1, 0.15) is 58.8 Å². The van der Waals surface area contributed by atoms with E-state index < -0.39 is 12.2 Å². The Morgan fingerprint density at radius 1 is 1.24 bits per heavy atom. The predicted octanol–water partition coefficient (Wildman–Crippen LogP) is 3.40. The molecule has 7 heteroatoms. The Morgan fingerprint density at radius 3 is 2.66 bits per heavy atom. The van der Waals surface area contributed by atoms with Gasteiger partial charge in [0.25, 0.3) is 5.91 Å². The molecule has 1 aromatic heterocycles. The van der Waals surface area contributed by atoms with Crippen LogP contribution in [-0.4, -0.2) is 33.8 Å². The summed E-state index contributed by atoms with van der Waals surface area (Å²) in [4.78, 5) is 25.9. The van der Waals surface area contributed by atoms with Gasteiger partial charge in [0, 0.05) is 24.1 Å². The largest absolute Gasteiger partial charge is 0.340 e. The molecule has 0 spiro atoms. The van der Waals surface area contributed by atoms with E-state index in [4.69, 9.17) is 0 Å². The van der Waals surface area contributed by atoms with Gasteiger partial charge in [0.05, 0.1) is 5.69 Å². The SMILES string of the molecule is Cc1cccc(C(=O)N[C@@H]2C(=O)Nc3c(c(C)nn3C)[C@H]2C2CCC(F)CC2)c1. The third kappa shape index (κ3) is 3.66. The second-order valence-electron chi connectivity index (χ2n) is 8.32. The Bertz CT molecular complexity index is 946. The van der Waals surface area contributed by atoms with Crippen LogP contribution in [0.4, 0.5) is 10.2 Å². The quantitative estimate of drug-likeness (QED) is 0.832. The Balaban J connectivity index is 1.69. The number of alkyl halides is 1. The molecule has 2 atom stereocenters. The van der Waals surface area contributed by atoms with E-state index in [1.165, 1.54) is 0 Å². The van der Waals surface area contributed by atoms with Crippen LogP contribution in [0.15, 0.2) is 24.3 Å². The first-order valence-corrected chi connectivity index (χ1v) is 10.2. The summed E-state index contributed by atoms with van der Waals surface area (Å²) in [6, 6.07) is 6.59. The van der Waals surface area contributed by atoms with Crippen molar-refractivity contribution in [2.24, 2.45) is 13.0 Å². The van der Waals surface area contributed by atoms with Crippen LogP contribution in [-0.2, 0) is 11.8 Å². The van der Waals surface area contributed by atoms with E-state index in [-0.39, 0.29) is 23.7 Å². The number of halogens is 1. The minimum absolute atomic E-state index is 0.123. The highest BCUT2D eigenvalue weighted by atomic mass is 19.1. The Labute approximate surface area is 169 Å². The van der Waals surface area contributed by atoms with Gasteiger partial charge in [0.2, 0.25) is 5.91 Å². The highest BCUT2D eigenvalue weighted by Crippen LogP contribution is 2.45. The van der Waals surface area contributed by atoms with Gasteiger partial charge in [-0.25, -0.2) is 4.39 Å². The molecule has 1 saturated carbocycles. The number of aromatic nitrogens is 2. The number of rotatable bonds is 3. The predicted molar refractivity (Wildman–Crippen MR) is 109 cm³/mol. The van der Waals surface area contributed by atoms with Crippen molar-refractivity contribution < 1.29 is 14.0 Å². The highest BCUT2D eigenvalue weighted by Gasteiger charge is 2.45. The summed E-state index contributed by atoms with van der Waals surface area (Å²) < 4.78 is 15.5. The van der Waals surface area contributed by atoms with Crippen LogP contribution in [0.25, 0.3) is 0 Å². The Kier molecular flexibility index (Phi) is 5.15. The molecule has 0 bridgehead atoms. The van der Waals surface area contributed by atoms with Crippen LogP contribution in [0.3, 0.4) is 0 Å². The molecule has 154 valence electrons. The summed E-state index contributed by atoms with van der Waals surface area (Å²) in [7, 11) is 1.80. The molecule has 1 aliphatic heterocycles. The van der Waals surface area contributed by atoms with Gasteiger partial charge in [-0.1, -0.05) is 17.7 Å². The highest BCUT2D eigenvalue weighted by molar-refractivity contribution is 6.03. The molecule has 0 saturated heterocycles. The van der Waals surface area contributed by atoms with Crippen LogP contribution >= 0.6 is 0 Å². The second kappa shape index (κ2) is 7.61. The summed E-state index contributed by atoms with van der Waals surface area (Å²) in [5, 5.41) is 10.4. The zero-order valence-electron chi connectivity index (χ0n) is 17.0. The van der Waals surface area contributed by atoms with Crippen LogP contribution in [0, 0.1) is 19.8 Å². The molecule has 29 heavy (non-hydrogen) atoms. The number of carbonyl (C=O) groups excluding carboxylic acids is 2. The lowest BCUT2D eigenvalue weighted by atomic mass is 9.71. The average molecular weight is 398 g/mol. The lowest BCUT2D eigenvalue weighted by Crippen LogP contribution is -2.52. The summed E-state index contributed by atoms with van der Waals surface area (Å²) >= 11 is 0. The number of hydrogen-bond donors (Lipinski definition) is 2. The molecule has 0 unspecified atom stereocenters. The number of nitrogens with zero attached hydrogens (tertiary/aromatic N) is 2. The van der Waals surface area contributed by atoms with Gasteiger partial charge in [-0.05, 0) is 57.6 Å². The van der Waals surface area contributed by atoms with E-state index in [0.29, 0.717) is 37.1 Å². The summed E-state index contributed by atoms with van der Waals surface area (Å²) in [6.45, 7) is 3.84. The third-order valence-corrected chi connectivity index (χ3v) is 6.26. The lowest BCUT2D eigenvalue weighted by molar-refractivity contribution is -0.119. The number of hydrogen-bond acceptors (Lipinski definition) is 3. The molecule has 1 aromatic carbocycles. The fourth-order valence-corrected chi connectivity index (χ4v) is 4.86. The fraction of sp³-hybridized carbons (Fsp3) is 0.500. The van der Waals surface area contributed by atoms with Crippen LogP contribution in [0.5, 0.6) is 0 Å². The number of nitrogens with one attached hydrogen (secondary N) is 2. The molecule has 2 amide bonds. The first-order valence-electron chi connectivity index (χ1n) is 10.2. The average Bonchev–Trinajstić information content (AvgIpc) is 2.96. The van der Waals surface area contributed by atoms with Gasteiger partial charge < -0.3 is 10.6 Å². The van der Waals surface area contributed by atoms with Crippen molar-refractivity contribution in [2.75, 3.05) is 5.32 Å². The van der Waals surface area contributed by atoms with Crippen molar-refractivity contribution in [2.45, 2.75) is 57.7 Å². The van der Waals surface area contributed by atoms with Crippen molar-refractivity contribution in [1.29, 1.82) is 0 Å². The molecule has 1 aliphatic carbocycles. The Hall–Kier alpha value is -2.70. The molecule has 4 rings (SSSR count). The molecule has 2 N–H and O–H groups in total. The van der Waals surface area contributed by atoms with Crippen molar-refractivity contribution in [3.63, 3.8) is 0 Å². The lowest BCUT2D eigenvalue weighted by Gasteiger charge is -2.39. The van der Waals surface area contributed by atoms with Gasteiger partial charge in [0.15, 0.2) is 0 Å². The first kappa shape index (κ1) is 19.6. The number of aryl methyl sites for hydroxylation is 3. The first-order chi connectivity index (χ1) is 13.8. The summed E-state index contributed by atoms with van der Waals surface area (Å²) in [6.07, 6.45) is 1.61. The standard InChI is InChI=1S/C22H27FN4O2/c1-12-5-4-6-15(11-12)21(28)24-19-18(14-7-9-16(23)10-8-14)17-13(2)26-27(3)20(17)25-22(19)29/h4-6,11,14,16,18-19H,7-10H2,1-3H3,(H,24,28)(H,25,29)/t14?,16?,18-,19+/m1/s1. The van der Waals surface area contributed by atoms with Crippen LogP contribution < -0.4 is 10.6 Å². The molecular weight excluding hydrogens is 371 g/mol. The van der Waals surface area contributed by atoms with Gasteiger partial charge >= 0.3 is 0 Å². The van der Waals surface area contributed by atoms with E-state index in [2.05, 4.69) is 15.7 Å². The smallest absolute Gasteiger partial charge is 0.251 e. The van der Waals surface area contributed by atoms with Gasteiger partial charge in [-0.3, -0.25) is 14.3 Å². The Morgan fingerprint density at radius 2 is 1.97 bits per heavy atom. The number of benzene rings is 1. The van der Waals surface area contributed by atoms with Crippen molar-refractivity contribution in [1.82, 2.24) is 15.1 Å². The van der Waals surface area contributed by atoms with E-state index in [0.717, 1.165) is 16.8 Å². The number of carbonyl (C=O) groups is 2. The molecule has 2 aromatic rings. The topological polar surface area (TPSA) is 76.0 Å².